The first-order valence-electron chi connectivity index (χ1n) is 7.43. The van der Waals surface area contributed by atoms with Crippen molar-refractivity contribution in [2.75, 3.05) is 12.0 Å². The number of non-ortho nitro benzene ring substituents is 1. The van der Waals surface area contributed by atoms with Crippen molar-refractivity contribution in [1.82, 2.24) is 4.90 Å². The van der Waals surface area contributed by atoms with Crippen LogP contribution in [0, 0.1) is 15.9 Å². The van der Waals surface area contributed by atoms with Gasteiger partial charge in [-0.15, -0.1) is 0 Å². The fourth-order valence-corrected chi connectivity index (χ4v) is 3.08. The molecule has 7 nitrogen and oxygen atoms in total. The predicted octanol–water partition coefficient (Wildman–Crippen LogP) is 3.84. The maximum atomic E-state index is 12.9. The zero-order valence-corrected chi connectivity index (χ0v) is 14.0. The largest absolute Gasteiger partial charge is 0.367 e. The highest BCUT2D eigenvalue weighted by atomic mass is 32.2. The van der Waals surface area contributed by atoms with Crippen LogP contribution in [0.2, 0.25) is 0 Å². The number of nitrogens with one attached hydrogen (secondary N) is 1. The van der Waals surface area contributed by atoms with E-state index in [1.54, 1.807) is 6.07 Å². The van der Waals surface area contributed by atoms with Gasteiger partial charge in [0.1, 0.15) is 5.82 Å². The van der Waals surface area contributed by atoms with Crippen molar-refractivity contribution >= 4 is 40.4 Å². The number of carbonyl (C=O) groups is 2. The Hall–Kier alpha value is -3.20. The van der Waals surface area contributed by atoms with Gasteiger partial charge in [-0.25, -0.2) is 4.39 Å². The van der Waals surface area contributed by atoms with E-state index in [9.17, 15) is 24.1 Å². The smallest absolute Gasteiger partial charge is 0.295 e. The predicted molar refractivity (Wildman–Crippen MR) is 95.8 cm³/mol. The molecule has 1 N–H and O–H groups in total. The summed E-state index contributed by atoms with van der Waals surface area (Å²) < 4.78 is 12.9. The van der Waals surface area contributed by atoms with Crippen molar-refractivity contribution in [3.05, 3.63) is 74.9 Å². The van der Waals surface area contributed by atoms with E-state index < -0.39 is 21.9 Å². The third kappa shape index (κ3) is 3.89. The minimum absolute atomic E-state index is 0.0969. The van der Waals surface area contributed by atoms with Gasteiger partial charge in [0.2, 0.25) is 0 Å². The second kappa shape index (κ2) is 7.36. The molecule has 3 rings (SSSR count). The lowest BCUT2D eigenvalue weighted by atomic mass is 10.2. The number of benzene rings is 2. The van der Waals surface area contributed by atoms with Crippen LogP contribution in [0.4, 0.5) is 20.6 Å². The standard InChI is InChI=1S/C17H12FN3O4S/c18-12-6-4-11(5-7-12)8-15-16(22)20(17(23)26-15)10-19-13-2-1-3-14(9-13)21(24)25/h1-9,19H,10H2/b15-8-. The number of nitro benzene ring substituents is 1. The highest BCUT2D eigenvalue weighted by Crippen LogP contribution is 2.32. The second-order valence-electron chi connectivity index (χ2n) is 5.30. The number of amides is 2. The maximum absolute atomic E-state index is 12.9. The third-order valence-corrected chi connectivity index (χ3v) is 4.45. The van der Waals surface area contributed by atoms with E-state index in [0.29, 0.717) is 11.3 Å². The van der Waals surface area contributed by atoms with Gasteiger partial charge in [0.25, 0.3) is 16.8 Å². The van der Waals surface area contributed by atoms with Crippen LogP contribution in [0.5, 0.6) is 0 Å². The molecule has 0 spiro atoms. The molecule has 1 saturated heterocycles. The monoisotopic (exact) mass is 373 g/mol. The summed E-state index contributed by atoms with van der Waals surface area (Å²) in [6.45, 7) is -0.118. The van der Waals surface area contributed by atoms with Crippen LogP contribution in [-0.2, 0) is 4.79 Å². The van der Waals surface area contributed by atoms with Gasteiger partial charge in [0.15, 0.2) is 0 Å². The number of rotatable bonds is 5. The minimum Gasteiger partial charge on any atom is -0.367 e. The van der Waals surface area contributed by atoms with Gasteiger partial charge in [0.05, 0.1) is 16.5 Å². The normalized spacial score (nSPS) is 15.6. The first-order valence-corrected chi connectivity index (χ1v) is 8.25. The van der Waals surface area contributed by atoms with E-state index in [4.69, 9.17) is 0 Å². The maximum Gasteiger partial charge on any atom is 0.295 e. The molecule has 0 saturated carbocycles. The lowest BCUT2D eigenvalue weighted by molar-refractivity contribution is -0.384. The van der Waals surface area contributed by atoms with Crippen molar-refractivity contribution in [3.8, 4) is 0 Å². The molecule has 132 valence electrons. The van der Waals surface area contributed by atoms with Crippen molar-refractivity contribution in [2.45, 2.75) is 0 Å². The van der Waals surface area contributed by atoms with Crippen molar-refractivity contribution < 1.29 is 18.9 Å². The molecular formula is C17H12FN3O4S. The van der Waals surface area contributed by atoms with Crippen LogP contribution in [0.15, 0.2) is 53.4 Å². The molecule has 0 unspecified atom stereocenters. The molecule has 0 bridgehead atoms. The fourth-order valence-electron chi connectivity index (χ4n) is 2.25. The van der Waals surface area contributed by atoms with Gasteiger partial charge in [0, 0.05) is 17.8 Å². The zero-order valence-electron chi connectivity index (χ0n) is 13.2. The molecule has 1 fully saturated rings. The first-order chi connectivity index (χ1) is 12.4. The van der Waals surface area contributed by atoms with Crippen molar-refractivity contribution in [2.24, 2.45) is 0 Å². The summed E-state index contributed by atoms with van der Waals surface area (Å²) in [4.78, 5) is 35.9. The molecule has 9 heteroatoms. The highest BCUT2D eigenvalue weighted by molar-refractivity contribution is 8.18. The van der Waals surface area contributed by atoms with E-state index in [-0.39, 0.29) is 17.3 Å². The molecule has 2 aromatic rings. The van der Waals surface area contributed by atoms with E-state index in [2.05, 4.69) is 5.32 Å². The summed E-state index contributed by atoms with van der Waals surface area (Å²) in [6.07, 6.45) is 1.51. The van der Waals surface area contributed by atoms with Gasteiger partial charge in [-0.1, -0.05) is 18.2 Å². The second-order valence-corrected chi connectivity index (χ2v) is 6.30. The number of hydrogen-bond acceptors (Lipinski definition) is 6. The lowest BCUT2D eigenvalue weighted by Gasteiger charge is -2.14. The average Bonchev–Trinajstić information content (AvgIpc) is 2.89. The number of carbonyl (C=O) groups excluding carboxylic acids is 2. The Labute approximate surface area is 151 Å². The van der Waals surface area contributed by atoms with Crippen LogP contribution in [0.25, 0.3) is 6.08 Å². The molecule has 0 atom stereocenters. The Bertz CT molecular complexity index is 914. The SMILES string of the molecule is O=C1S/C(=C\c2ccc(F)cc2)C(=O)N1CNc1cccc([N+](=O)[O-])c1. The number of halogens is 1. The van der Waals surface area contributed by atoms with Gasteiger partial charge in [-0.05, 0) is 41.6 Å². The molecule has 2 aromatic carbocycles. The molecule has 2 amide bonds. The van der Waals surface area contributed by atoms with E-state index in [1.807, 2.05) is 0 Å². The summed E-state index contributed by atoms with van der Waals surface area (Å²) in [5, 5.41) is 13.1. The van der Waals surface area contributed by atoms with Crippen LogP contribution in [-0.4, -0.2) is 27.6 Å². The molecule has 0 radical (unpaired) electrons. The summed E-state index contributed by atoms with van der Waals surface area (Å²) >= 11 is 0.781. The Morgan fingerprint density at radius 1 is 1.19 bits per heavy atom. The topological polar surface area (TPSA) is 92.6 Å². The van der Waals surface area contributed by atoms with Crippen molar-refractivity contribution in [3.63, 3.8) is 0 Å². The van der Waals surface area contributed by atoms with Gasteiger partial charge >= 0.3 is 0 Å². The fraction of sp³-hybridized carbons (Fsp3) is 0.0588. The summed E-state index contributed by atoms with van der Waals surface area (Å²) in [5.41, 5.74) is 0.921. The van der Waals surface area contributed by atoms with Crippen LogP contribution < -0.4 is 5.32 Å². The van der Waals surface area contributed by atoms with E-state index >= 15 is 0 Å². The molecule has 1 aliphatic rings. The lowest BCUT2D eigenvalue weighted by Crippen LogP contribution is -2.33. The number of nitro groups is 1. The van der Waals surface area contributed by atoms with E-state index in [1.165, 1.54) is 48.5 Å². The molecule has 0 aromatic heterocycles. The number of imide groups is 1. The number of thioether (sulfide) groups is 1. The Balaban J connectivity index is 1.70. The Morgan fingerprint density at radius 2 is 1.92 bits per heavy atom. The van der Waals surface area contributed by atoms with Gasteiger partial charge in [-0.2, -0.15) is 0 Å². The first kappa shape index (κ1) is 17.6. The number of anilines is 1. The molecule has 1 heterocycles. The molecule has 26 heavy (non-hydrogen) atoms. The quantitative estimate of drug-likeness (QED) is 0.486. The number of hydrogen-bond donors (Lipinski definition) is 1. The molecule has 1 aliphatic heterocycles. The summed E-state index contributed by atoms with van der Waals surface area (Å²) in [6, 6.07) is 11.3. The average molecular weight is 373 g/mol. The third-order valence-electron chi connectivity index (χ3n) is 3.54. The molecular weight excluding hydrogens is 361 g/mol. The Kier molecular flexibility index (Phi) is 4.99. The summed E-state index contributed by atoms with van der Waals surface area (Å²) in [7, 11) is 0. The van der Waals surface area contributed by atoms with Crippen LogP contribution in [0.3, 0.4) is 0 Å². The van der Waals surface area contributed by atoms with Gasteiger partial charge in [-0.3, -0.25) is 24.6 Å². The summed E-state index contributed by atoms with van der Waals surface area (Å²) in [5.74, 6) is -0.876. The Morgan fingerprint density at radius 3 is 2.62 bits per heavy atom. The van der Waals surface area contributed by atoms with Crippen molar-refractivity contribution in [1.29, 1.82) is 0 Å². The molecule has 0 aliphatic carbocycles. The number of nitrogens with zero attached hydrogens (tertiary/aromatic N) is 2. The van der Waals surface area contributed by atoms with Gasteiger partial charge < -0.3 is 5.32 Å². The minimum atomic E-state index is -0.531. The zero-order chi connectivity index (χ0) is 18.7. The van der Waals surface area contributed by atoms with Crippen LogP contribution >= 0.6 is 11.8 Å². The van der Waals surface area contributed by atoms with Crippen LogP contribution in [0.1, 0.15) is 5.56 Å². The highest BCUT2D eigenvalue weighted by Gasteiger charge is 2.34. The van der Waals surface area contributed by atoms with E-state index in [0.717, 1.165) is 16.7 Å².